The molecular weight excluding hydrogens is 327 g/mol. The molecular formula is C15H14F3N3O3. The maximum Gasteiger partial charge on any atom is 0.573 e. The van der Waals surface area contributed by atoms with Crippen molar-refractivity contribution in [1.29, 1.82) is 0 Å². The Morgan fingerprint density at radius 2 is 2.17 bits per heavy atom. The van der Waals surface area contributed by atoms with Crippen LogP contribution in [0.25, 0.3) is 10.9 Å². The van der Waals surface area contributed by atoms with Gasteiger partial charge in [0, 0.05) is 25.6 Å². The highest BCUT2D eigenvalue weighted by Gasteiger charge is 2.31. The van der Waals surface area contributed by atoms with Crippen molar-refractivity contribution in [3.63, 3.8) is 0 Å². The van der Waals surface area contributed by atoms with E-state index in [1.807, 2.05) is 0 Å². The number of carbonyl (C=O) groups excluding carboxylic acids is 2. The topological polar surface area (TPSA) is 80.3 Å². The predicted molar refractivity (Wildman–Crippen MR) is 79.4 cm³/mol. The number of rotatable bonds is 3. The van der Waals surface area contributed by atoms with Gasteiger partial charge < -0.3 is 15.4 Å². The lowest BCUT2D eigenvalue weighted by Crippen LogP contribution is -2.40. The van der Waals surface area contributed by atoms with Crippen LogP contribution in [0.1, 0.15) is 18.2 Å². The molecule has 128 valence electrons. The molecule has 2 amide bonds. The maximum atomic E-state index is 12.2. The molecule has 0 unspecified atom stereocenters. The number of hydrogen-bond acceptors (Lipinski definition) is 4. The molecule has 1 aliphatic heterocycles. The van der Waals surface area contributed by atoms with Crippen molar-refractivity contribution in [2.24, 2.45) is 0 Å². The van der Waals surface area contributed by atoms with Crippen molar-refractivity contribution in [2.75, 3.05) is 6.54 Å². The fourth-order valence-corrected chi connectivity index (χ4v) is 2.40. The molecule has 1 aromatic carbocycles. The molecule has 2 N–H and O–H groups in total. The highest BCUT2D eigenvalue weighted by Crippen LogP contribution is 2.26. The Balaban J connectivity index is 0.00000225. The zero-order chi connectivity index (χ0) is 17.3. The Morgan fingerprint density at radius 3 is 2.83 bits per heavy atom. The minimum atomic E-state index is -4.78. The number of benzene rings is 1. The quantitative estimate of drug-likeness (QED) is 0.895. The molecule has 0 bridgehead atoms. The first-order valence-electron chi connectivity index (χ1n) is 7.06. The van der Waals surface area contributed by atoms with Crippen LogP contribution in [0.2, 0.25) is 0 Å². The van der Waals surface area contributed by atoms with Gasteiger partial charge in [-0.15, -0.1) is 13.2 Å². The lowest BCUT2D eigenvalue weighted by Gasteiger charge is -2.11. The normalized spacial score (nSPS) is 17.6. The first kappa shape index (κ1) is 16.0. The molecule has 0 spiro atoms. The van der Waals surface area contributed by atoms with Crippen molar-refractivity contribution >= 4 is 22.7 Å². The summed E-state index contributed by atoms with van der Waals surface area (Å²) >= 11 is 0. The van der Waals surface area contributed by atoms with Gasteiger partial charge in [-0.3, -0.25) is 14.6 Å². The van der Waals surface area contributed by atoms with E-state index in [-0.39, 0.29) is 24.2 Å². The fourth-order valence-electron chi connectivity index (χ4n) is 2.40. The van der Waals surface area contributed by atoms with Crippen LogP contribution < -0.4 is 15.4 Å². The van der Waals surface area contributed by atoms with Crippen molar-refractivity contribution in [2.45, 2.75) is 18.8 Å². The van der Waals surface area contributed by atoms with Crippen LogP contribution in [0.4, 0.5) is 13.2 Å². The van der Waals surface area contributed by atoms with E-state index < -0.39 is 18.3 Å². The maximum absolute atomic E-state index is 12.2. The van der Waals surface area contributed by atoms with E-state index in [1.165, 1.54) is 18.3 Å². The van der Waals surface area contributed by atoms with Crippen LogP contribution in [-0.2, 0) is 4.79 Å². The van der Waals surface area contributed by atoms with Crippen LogP contribution in [0.5, 0.6) is 5.75 Å². The summed E-state index contributed by atoms with van der Waals surface area (Å²) in [6.07, 6.45) is -3.04. The number of aromatic nitrogens is 1. The van der Waals surface area contributed by atoms with Crippen LogP contribution in [0, 0.1) is 0 Å². The van der Waals surface area contributed by atoms with E-state index >= 15 is 0 Å². The molecule has 1 aromatic heterocycles. The average Bonchev–Trinajstić information content (AvgIpc) is 2.90. The minimum absolute atomic E-state index is 0. The summed E-state index contributed by atoms with van der Waals surface area (Å²) in [7, 11) is 0. The fraction of sp³-hybridized carbons (Fsp3) is 0.267. The molecule has 6 nitrogen and oxygen atoms in total. The van der Waals surface area contributed by atoms with E-state index in [0.29, 0.717) is 18.4 Å². The second-order valence-electron chi connectivity index (χ2n) is 5.23. The highest BCUT2D eigenvalue weighted by atomic mass is 19.4. The lowest BCUT2D eigenvalue weighted by molar-refractivity contribution is -0.274. The van der Waals surface area contributed by atoms with Gasteiger partial charge in [-0.1, -0.05) is 0 Å². The highest BCUT2D eigenvalue weighted by molar-refractivity contribution is 6.00. The number of pyridine rings is 1. The number of ether oxygens (including phenoxy) is 1. The zero-order valence-corrected chi connectivity index (χ0v) is 12.2. The van der Waals surface area contributed by atoms with Crippen molar-refractivity contribution < 1.29 is 28.9 Å². The van der Waals surface area contributed by atoms with Crippen molar-refractivity contribution in [3.05, 3.63) is 36.0 Å². The number of halogens is 3. The van der Waals surface area contributed by atoms with Crippen LogP contribution in [0.3, 0.4) is 0 Å². The standard InChI is InChI=1S/C15H12F3N3O3.H2/c16-15(17,18)24-10-2-1-8-5-9(7-20-12(8)6-10)13(22)21-11-3-4-19-14(11)23;/h1-2,5-7,11H,3-4H2,(H,19,23)(H,21,22);1H/t11-;/m0./s1. The van der Waals surface area contributed by atoms with E-state index in [4.69, 9.17) is 0 Å². The van der Waals surface area contributed by atoms with E-state index in [9.17, 15) is 22.8 Å². The zero-order valence-electron chi connectivity index (χ0n) is 12.2. The molecule has 3 rings (SSSR count). The molecule has 1 atom stereocenters. The summed E-state index contributed by atoms with van der Waals surface area (Å²) in [4.78, 5) is 27.6. The predicted octanol–water partition coefficient (Wildman–Crippen LogP) is 2.00. The average molecular weight is 341 g/mol. The summed E-state index contributed by atoms with van der Waals surface area (Å²) in [5.74, 6) is -1.10. The third-order valence-electron chi connectivity index (χ3n) is 3.51. The first-order valence-corrected chi connectivity index (χ1v) is 7.06. The van der Waals surface area contributed by atoms with Crippen LogP contribution in [0.15, 0.2) is 30.5 Å². The number of fused-ring (bicyclic) bond motifs is 1. The summed E-state index contributed by atoms with van der Waals surface area (Å²) in [5.41, 5.74) is 0.471. The molecule has 9 heteroatoms. The van der Waals surface area contributed by atoms with E-state index in [1.54, 1.807) is 0 Å². The van der Waals surface area contributed by atoms with Gasteiger partial charge in [0.15, 0.2) is 0 Å². The summed E-state index contributed by atoms with van der Waals surface area (Å²) in [5, 5.41) is 5.67. The molecule has 0 radical (unpaired) electrons. The van der Waals surface area contributed by atoms with E-state index in [2.05, 4.69) is 20.4 Å². The van der Waals surface area contributed by atoms with Gasteiger partial charge in [-0.2, -0.15) is 0 Å². The van der Waals surface area contributed by atoms with Gasteiger partial charge in [0.2, 0.25) is 5.91 Å². The minimum Gasteiger partial charge on any atom is -0.406 e. The number of hydrogen-bond donors (Lipinski definition) is 2. The van der Waals surface area contributed by atoms with Gasteiger partial charge in [-0.25, -0.2) is 0 Å². The van der Waals surface area contributed by atoms with Gasteiger partial charge in [0.25, 0.3) is 5.91 Å². The second kappa shape index (κ2) is 5.99. The molecule has 0 saturated carbocycles. The van der Waals surface area contributed by atoms with Gasteiger partial charge >= 0.3 is 6.36 Å². The van der Waals surface area contributed by atoms with Gasteiger partial charge in [-0.05, 0) is 24.6 Å². The van der Waals surface area contributed by atoms with Crippen molar-refractivity contribution in [1.82, 2.24) is 15.6 Å². The first-order chi connectivity index (χ1) is 11.3. The summed E-state index contributed by atoms with van der Waals surface area (Å²) in [6.45, 7) is 0.502. The van der Waals surface area contributed by atoms with Crippen LogP contribution >= 0.6 is 0 Å². The largest absolute Gasteiger partial charge is 0.573 e. The van der Waals surface area contributed by atoms with Gasteiger partial charge in [0.1, 0.15) is 11.8 Å². The second-order valence-corrected chi connectivity index (χ2v) is 5.23. The van der Waals surface area contributed by atoms with Crippen LogP contribution in [-0.4, -0.2) is 35.7 Å². The number of alkyl halides is 3. The molecule has 24 heavy (non-hydrogen) atoms. The number of nitrogens with zero attached hydrogens (tertiary/aromatic N) is 1. The Labute approximate surface area is 135 Å². The summed E-state index contributed by atoms with van der Waals surface area (Å²) < 4.78 is 40.4. The van der Waals surface area contributed by atoms with Crippen molar-refractivity contribution in [3.8, 4) is 5.75 Å². The molecule has 2 aromatic rings. The van der Waals surface area contributed by atoms with E-state index in [0.717, 1.165) is 12.1 Å². The Bertz CT molecular complexity index is 813. The SMILES string of the molecule is O=C(N[C@H]1CCNC1=O)c1cnc2cc(OC(F)(F)F)ccc2c1.[HH]. The molecule has 1 saturated heterocycles. The smallest absolute Gasteiger partial charge is 0.406 e. The lowest BCUT2D eigenvalue weighted by atomic mass is 10.1. The number of amides is 2. The molecule has 1 aliphatic rings. The third-order valence-corrected chi connectivity index (χ3v) is 3.51. The Morgan fingerprint density at radius 1 is 1.38 bits per heavy atom. The summed E-state index contributed by atoms with van der Waals surface area (Å²) in [6, 6.07) is 4.55. The number of nitrogens with one attached hydrogen (secondary N) is 2. The number of carbonyl (C=O) groups is 2. The Kier molecular flexibility index (Phi) is 4.00. The Hall–Kier alpha value is -2.84. The molecule has 1 fully saturated rings. The molecule has 0 aliphatic carbocycles. The van der Waals surface area contributed by atoms with Gasteiger partial charge in [0.05, 0.1) is 11.1 Å². The third kappa shape index (κ3) is 3.55. The molecule has 2 heterocycles. The monoisotopic (exact) mass is 341 g/mol.